The number of carbonyl (C=O) groups is 1. The van der Waals surface area contributed by atoms with E-state index in [1.165, 1.54) is 11.2 Å². The summed E-state index contributed by atoms with van der Waals surface area (Å²) in [4.78, 5) is 17.1. The van der Waals surface area contributed by atoms with Gasteiger partial charge in [0, 0.05) is 38.2 Å². The minimum atomic E-state index is -3.75. The van der Waals surface area contributed by atoms with Gasteiger partial charge in [-0.05, 0) is 62.6 Å². The van der Waals surface area contributed by atoms with Crippen LogP contribution in [0.15, 0.2) is 47.5 Å². The van der Waals surface area contributed by atoms with Gasteiger partial charge in [0.2, 0.25) is 15.9 Å². The van der Waals surface area contributed by atoms with E-state index in [2.05, 4.69) is 11.7 Å². The van der Waals surface area contributed by atoms with Crippen molar-refractivity contribution < 1.29 is 22.0 Å². The SMILES string of the molecule is C=NCCN(CCCc1cc(F)c(CN2[C@@H](C)CC[C@H](c3ccccc3)S2(=O)=O)cc1F)C(C)=O. The smallest absolute Gasteiger partial charge is 0.221 e. The second-order valence-electron chi connectivity index (χ2n) is 9.01. The minimum absolute atomic E-state index is 0.0119. The first-order chi connectivity index (χ1) is 16.6. The summed E-state index contributed by atoms with van der Waals surface area (Å²) >= 11 is 0. The van der Waals surface area contributed by atoms with Gasteiger partial charge in [0.15, 0.2) is 0 Å². The van der Waals surface area contributed by atoms with Gasteiger partial charge in [-0.15, -0.1) is 0 Å². The summed E-state index contributed by atoms with van der Waals surface area (Å²) in [6.07, 6.45) is 1.83. The van der Waals surface area contributed by atoms with E-state index >= 15 is 0 Å². The Hall–Kier alpha value is -2.65. The molecule has 0 N–H and O–H groups in total. The Balaban J connectivity index is 1.73. The van der Waals surface area contributed by atoms with Crippen LogP contribution in [-0.2, 0) is 27.8 Å². The van der Waals surface area contributed by atoms with Crippen molar-refractivity contribution in [3.8, 4) is 0 Å². The largest absolute Gasteiger partial charge is 0.341 e. The van der Waals surface area contributed by atoms with E-state index in [0.29, 0.717) is 44.5 Å². The lowest BCUT2D eigenvalue weighted by Crippen LogP contribution is -2.44. The maximum atomic E-state index is 15.0. The van der Waals surface area contributed by atoms with Crippen molar-refractivity contribution in [3.63, 3.8) is 0 Å². The van der Waals surface area contributed by atoms with Crippen LogP contribution >= 0.6 is 0 Å². The molecule has 2 aromatic rings. The highest BCUT2D eigenvalue weighted by Crippen LogP contribution is 2.38. The molecule has 2 aromatic carbocycles. The van der Waals surface area contributed by atoms with E-state index in [0.717, 1.165) is 12.1 Å². The van der Waals surface area contributed by atoms with Gasteiger partial charge >= 0.3 is 0 Å². The van der Waals surface area contributed by atoms with Crippen LogP contribution in [0, 0.1) is 11.6 Å². The molecule has 1 aliphatic rings. The number of sulfonamides is 1. The molecule has 6 nitrogen and oxygen atoms in total. The van der Waals surface area contributed by atoms with Gasteiger partial charge < -0.3 is 4.90 Å². The first-order valence-electron chi connectivity index (χ1n) is 11.9. The van der Waals surface area contributed by atoms with Crippen LogP contribution in [0.4, 0.5) is 8.78 Å². The maximum absolute atomic E-state index is 15.0. The Bertz CT molecular complexity index is 1140. The van der Waals surface area contributed by atoms with Crippen molar-refractivity contribution in [1.82, 2.24) is 9.21 Å². The third kappa shape index (κ3) is 6.52. The van der Waals surface area contributed by atoms with Crippen molar-refractivity contribution in [2.75, 3.05) is 19.6 Å². The summed E-state index contributed by atoms with van der Waals surface area (Å²) in [5.41, 5.74) is 0.918. The first-order valence-corrected chi connectivity index (χ1v) is 13.4. The van der Waals surface area contributed by atoms with E-state index in [9.17, 15) is 22.0 Å². The Labute approximate surface area is 206 Å². The van der Waals surface area contributed by atoms with E-state index in [-0.39, 0.29) is 36.0 Å². The van der Waals surface area contributed by atoms with Gasteiger partial charge in [-0.25, -0.2) is 17.2 Å². The quantitative estimate of drug-likeness (QED) is 0.447. The number of hydrogen-bond acceptors (Lipinski definition) is 4. The van der Waals surface area contributed by atoms with Crippen molar-refractivity contribution in [2.45, 2.75) is 57.4 Å². The highest BCUT2D eigenvalue weighted by atomic mass is 32.2. The van der Waals surface area contributed by atoms with Gasteiger partial charge in [-0.2, -0.15) is 4.31 Å². The summed E-state index contributed by atoms with van der Waals surface area (Å²) in [5.74, 6) is -1.32. The second kappa shape index (κ2) is 11.9. The number of aliphatic imine (C=N–C) groups is 1. The van der Waals surface area contributed by atoms with Crippen molar-refractivity contribution >= 4 is 22.6 Å². The van der Waals surface area contributed by atoms with Gasteiger partial charge in [0.05, 0.1) is 6.54 Å². The van der Waals surface area contributed by atoms with Crippen molar-refractivity contribution in [1.29, 1.82) is 0 Å². The third-order valence-corrected chi connectivity index (χ3v) is 8.95. The van der Waals surface area contributed by atoms with Crippen LogP contribution in [0.3, 0.4) is 0 Å². The van der Waals surface area contributed by atoms with Crippen molar-refractivity contribution in [2.24, 2.45) is 4.99 Å². The zero-order valence-electron chi connectivity index (χ0n) is 20.3. The van der Waals surface area contributed by atoms with E-state index in [1.807, 2.05) is 6.07 Å². The van der Waals surface area contributed by atoms with Crippen LogP contribution in [0.2, 0.25) is 0 Å². The number of nitrogens with zero attached hydrogens (tertiary/aromatic N) is 3. The fraction of sp³-hybridized carbons (Fsp3) is 0.462. The Morgan fingerprint density at radius 2 is 1.77 bits per heavy atom. The summed E-state index contributed by atoms with van der Waals surface area (Å²) in [6.45, 7) is 7.68. The lowest BCUT2D eigenvalue weighted by Gasteiger charge is -2.37. The molecule has 0 radical (unpaired) electrons. The van der Waals surface area contributed by atoms with Crippen molar-refractivity contribution in [3.05, 3.63) is 70.8 Å². The van der Waals surface area contributed by atoms with Gasteiger partial charge in [-0.3, -0.25) is 9.79 Å². The number of amides is 1. The van der Waals surface area contributed by atoms with Gasteiger partial charge in [0.1, 0.15) is 16.9 Å². The molecular weight excluding hydrogens is 472 g/mol. The lowest BCUT2D eigenvalue weighted by molar-refractivity contribution is -0.128. The molecule has 0 aliphatic carbocycles. The molecule has 0 bridgehead atoms. The molecule has 1 heterocycles. The predicted octanol–water partition coefficient (Wildman–Crippen LogP) is 4.50. The number of rotatable bonds is 10. The molecule has 0 spiro atoms. The highest BCUT2D eigenvalue weighted by Gasteiger charge is 2.40. The topological polar surface area (TPSA) is 70.0 Å². The molecule has 35 heavy (non-hydrogen) atoms. The summed E-state index contributed by atoms with van der Waals surface area (Å²) in [7, 11) is -3.75. The molecule has 2 atom stereocenters. The summed E-state index contributed by atoms with van der Waals surface area (Å²) in [6, 6.07) is 10.9. The summed E-state index contributed by atoms with van der Waals surface area (Å²) in [5, 5.41) is -0.701. The molecule has 1 aliphatic heterocycles. The zero-order chi connectivity index (χ0) is 25.6. The number of hydrogen-bond donors (Lipinski definition) is 0. The predicted molar refractivity (Wildman–Crippen MR) is 134 cm³/mol. The molecule has 0 aromatic heterocycles. The Kier molecular flexibility index (Phi) is 9.13. The van der Waals surface area contributed by atoms with Crippen LogP contribution in [-0.4, -0.2) is 55.9 Å². The van der Waals surface area contributed by atoms with Crippen LogP contribution < -0.4 is 0 Å². The molecule has 1 saturated heterocycles. The van der Waals surface area contributed by atoms with E-state index < -0.39 is 26.9 Å². The van der Waals surface area contributed by atoms with Crippen LogP contribution in [0.25, 0.3) is 0 Å². The molecule has 0 saturated carbocycles. The van der Waals surface area contributed by atoms with Crippen LogP contribution in [0.5, 0.6) is 0 Å². The Morgan fingerprint density at radius 3 is 2.43 bits per heavy atom. The van der Waals surface area contributed by atoms with Gasteiger partial charge in [0.25, 0.3) is 0 Å². The highest BCUT2D eigenvalue weighted by molar-refractivity contribution is 7.89. The normalized spacial score (nSPS) is 19.9. The molecule has 1 amide bonds. The van der Waals surface area contributed by atoms with E-state index in [4.69, 9.17) is 0 Å². The molecule has 9 heteroatoms. The number of halogens is 2. The monoisotopic (exact) mass is 505 g/mol. The first kappa shape index (κ1) is 26.9. The minimum Gasteiger partial charge on any atom is -0.341 e. The Morgan fingerprint density at radius 1 is 1.11 bits per heavy atom. The molecule has 3 rings (SSSR count). The standard InChI is InChI=1S/C26H33F2N3O3S/c1-19-11-12-26(21-8-5-4-6-9-21)35(33,34)31(19)18-23-17-24(27)22(16-25(23)28)10-7-14-30(20(2)32)15-13-29-3/h4-6,8-9,16-17,19,26H,3,7,10-15,18H2,1-2H3/t19-,26+/m0/s1. The summed E-state index contributed by atoms with van der Waals surface area (Å²) < 4.78 is 57.9. The van der Waals surface area contributed by atoms with Crippen LogP contribution in [0.1, 0.15) is 55.1 Å². The average Bonchev–Trinajstić information content (AvgIpc) is 2.81. The number of benzene rings is 2. The molecule has 1 fully saturated rings. The maximum Gasteiger partial charge on any atom is 0.221 e. The second-order valence-corrected chi connectivity index (χ2v) is 11.1. The zero-order valence-corrected chi connectivity index (χ0v) is 21.1. The third-order valence-electron chi connectivity index (χ3n) is 6.59. The molecular formula is C26H33F2N3O3S. The molecule has 190 valence electrons. The van der Waals surface area contributed by atoms with E-state index in [1.54, 1.807) is 36.1 Å². The fourth-order valence-electron chi connectivity index (χ4n) is 4.54. The number of carbonyl (C=O) groups excluding carboxylic acids is 1. The fourth-order valence-corrected chi connectivity index (χ4v) is 6.73. The number of aryl methyl sites for hydroxylation is 1. The average molecular weight is 506 g/mol. The lowest BCUT2D eigenvalue weighted by atomic mass is 10.0. The molecule has 0 unspecified atom stereocenters. The van der Waals surface area contributed by atoms with Gasteiger partial charge in [-0.1, -0.05) is 30.3 Å².